The van der Waals surface area contributed by atoms with Gasteiger partial charge in [0, 0.05) is 43.6 Å². The van der Waals surface area contributed by atoms with E-state index in [1.54, 1.807) is 24.5 Å². The smallest absolute Gasteiger partial charge is 0.289 e. The largest absolute Gasteiger partial charge is 0.459 e. The van der Waals surface area contributed by atoms with Crippen molar-refractivity contribution in [1.82, 2.24) is 15.2 Å². The number of pyridine rings is 1. The standard InChI is InChI=1S/C16H17Cl2N3O2/c17-13-8-19-9-14(18)12(13)7-20-11-3-1-5-21(10-11)16(22)15-4-2-6-23-15/h2,4,6,8-9,11,20H,1,3,5,7,10H2. The lowest BCUT2D eigenvalue weighted by atomic mass is 10.0. The summed E-state index contributed by atoms with van der Waals surface area (Å²) >= 11 is 12.3. The van der Waals surface area contributed by atoms with Crippen molar-refractivity contribution in [2.45, 2.75) is 25.4 Å². The maximum absolute atomic E-state index is 12.3. The average molecular weight is 354 g/mol. The topological polar surface area (TPSA) is 58.4 Å². The average Bonchev–Trinajstić information content (AvgIpc) is 3.08. The molecule has 0 saturated carbocycles. The monoisotopic (exact) mass is 353 g/mol. The van der Waals surface area contributed by atoms with E-state index in [4.69, 9.17) is 27.6 Å². The number of nitrogens with zero attached hydrogens (tertiary/aromatic N) is 2. The molecule has 1 unspecified atom stereocenters. The molecule has 1 aliphatic rings. The molecule has 1 fully saturated rings. The number of carbonyl (C=O) groups is 1. The van der Waals surface area contributed by atoms with Crippen LogP contribution in [0.2, 0.25) is 10.0 Å². The Balaban J connectivity index is 1.60. The van der Waals surface area contributed by atoms with Crippen LogP contribution >= 0.6 is 23.2 Å². The summed E-state index contributed by atoms with van der Waals surface area (Å²) < 4.78 is 5.19. The number of aromatic nitrogens is 1. The minimum absolute atomic E-state index is 0.0681. The van der Waals surface area contributed by atoms with Gasteiger partial charge in [0.05, 0.1) is 16.3 Å². The number of nitrogens with one attached hydrogen (secondary N) is 1. The molecule has 1 atom stereocenters. The van der Waals surface area contributed by atoms with Crippen molar-refractivity contribution in [1.29, 1.82) is 0 Å². The first-order chi connectivity index (χ1) is 11.1. The third-order valence-corrected chi connectivity index (χ3v) is 4.61. The van der Waals surface area contributed by atoms with Crippen molar-refractivity contribution in [3.8, 4) is 0 Å². The predicted octanol–water partition coefficient (Wildman–Crippen LogP) is 3.38. The molecule has 2 aromatic heterocycles. The molecule has 3 heterocycles. The second kappa shape index (κ2) is 7.34. The summed E-state index contributed by atoms with van der Waals surface area (Å²) in [5, 5.41) is 4.52. The number of hydrogen-bond acceptors (Lipinski definition) is 4. The molecule has 7 heteroatoms. The van der Waals surface area contributed by atoms with Gasteiger partial charge in [-0.15, -0.1) is 0 Å². The van der Waals surface area contributed by atoms with E-state index >= 15 is 0 Å². The number of carbonyl (C=O) groups excluding carboxylic acids is 1. The molecule has 0 aromatic carbocycles. The van der Waals surface area contributed by atoms with E-state index < -0.39 is 0 Å². The van der Waals surface area contributed by atoms with Gasteiger partial charge in [0.2, 0.25) is 0 Å². The van der Waals surface area contributed by atoms with Crippen molar-refractivity contribution >= 4 is 29.1 Å². The molecule has 1 aliphatic heterocycles. The first-order valence-corrected chi connectivity index (χ1v) is 8.25. The van der Waals surface area contributed by atoms with E-state index in [1.165, 1.54) is 6.26 Å². The molecule has 2 aromatic rings. The van der Waals surface area contributed by atoms with Gasteiger partial charge in [-0.2, -0.15) is 0 Å². The number of amides is 1. The number of hydrogen-bond donors (Lipinski definition) is 1. The van der Waals surface area contributed by atoms with Crippen molar-refractivity contribution in [3.05, 3.63) is 52.2 Å². The van der Waals surface area contributed by atoms with Crippen molar-refractivity contribution in [3.63, 3.8) is 0 Å². The molecule has 1 N–H and O–H groups in total. The zero-order chi connectivity index (χ0) is 16.2. The Morgan fingerprint density at radius 2 is 2.17 bits per heavy atom. The van der Waals surface area contributed by atoms with Crippen LogP contribution in [0, 0.1) is 0 Å². The Morgan fingerprint density at radius 1 is 1.39 bits per heavy atom. The van der Waals surface area contributed by atoms with Crippen LogP contribution in [-0.4, -0.2) is 34.9 Å². The van der Waals surface area contributed by atoms with E-state index in [2.05, 4.69) is 10.3 Å². The third-order valence-electron chi connectivity index (χ3n) is 3.96. The maximum atomic E-state index is 12.3. The van der Waals surface area contributed by atoms with Gasteiger partial charge in [0.1, 0.15) is 0 Å². The minimum atomic E-state index is -0.0681. The summed E-state index contributed by atoms with van der Waals surface area (Å²) in [7, 11) is 0. The molecular formula is C16H17Cl2N3O2. The molecule has 0 bridgehead atoms. The van der Waals surface area contributed by atoms with Gasteiger partial charge >= 0.3 is 0 Å². The molecule has 0 aliphatic carbocycles. The number of likely N-dealkylation sites (tertiary alicyclic amines) is 1. The highest BCUT2D eigenvalue weighted by atomic mass is 35.5. The van der Waals surface area contributed by atoms with Crippen LogP contribution in [0.5, 0.6) is 0 Å². The van der Waals surface area contributed by atoms with Crippen molar-refractivity contribution < 1.29 is 9.21 Å². The van der Waals surface area contributed by atoms with Crippen LogP contribution in [0.1, 0.15) is 29.0 Å². The fourth-order valence-corrected chi connectivity index (χ4v) is 3.24. The lowest BCUT2D eigenvalue weighted by Gasteiger charge is -2.33. The van der Waals surface area contributed by atoms with Gasteiger partial charge in [-0.1, -0.05) is 23.2 Å². The van der Waals surface area contributed by atoms with E-state index in [1.807, 2.05) is 4.90 Å². The summed E-state index contributed by atoms with van der Waals surface area (Å²) in [6.45, 7) is 1.93. The van der Waals surface area contributed by atoms with Crippen LogP contribution in [0.3, 0.4) is 0 Å². The van der Waals surface area contributed by atoms with Crippen LogP contribution in [0.15, 0.2) is 35.2 Å². The van der Waals surface area contributed by atoms with Gasteiger partial charge in [-0.25, -0.2) is 0 Å². The Hall–Kier alpha value is -1.56. The number of furan rings is 1. The lowest BCUT2D eigenvalue weighted by Crippen LogP contribution is -2.47. The Labute approximate surface area is 144 Å². The fourth-order valence-electron chi connectivity index (χ4n) is 2.74. The molecule has 122 valence electrons. The van der Waals surface area contributed by atoms with Gasteiger partial charge in [0.15, 0.2) is 5.76 Å². The molecule has 1 saturated heterocycles. The number of piperidine rings is 1. The Morgan fingerprint density at radius 3 is 2.87 bits per heavy atom. The second-order valence-electron chi connectivity index (χ2n) is 5.53. The zero-order valence-electron chi connectivity index (χ0n) is 12.5. The van der Waals surface area contributed by atoms with E-state index in [0.717, 1.165) is 24.9 Å². The van der Waals surface area contributed by atoms with Crippen LogP contribution in [-0.2, 0) is 6.54 Å². The Kier molecular flexibility index (Phi) is 5.20. The molecule has 1 amide bonds. The molecular weight excluding hydrogens is 337 g/mol. The van der Waals surface area contributed by atoms with Crippen molar-refractivity contribution in [2.75, 3.05) is 13.1 Å². The third kappa shape index (κ3) is 3.86. The highest BCUT2D eigenvalue weighted by Crippen LogP contribution is 2.23. The molecule has 5 nitrogen and oxygen atoms in total. The van der Waals surface area contributed by atoms with E-state index in [0.29, 0.717) is 28.9 Å². The zero-order valence-corrected chi connectivity index (χ0v) is 14.0. The quantitative estimate of drug-likeness (QED) is 0.915. The normalized spacial score (nSPS) is 18.2. The SMILES string of the molecule is O=C(c1ccco1)N1CCCC(NCc2c(Cl)cncc2Cl)C1. The summed E-state index contributed by atoms with van der Waals surface area (Å²) in [6, 6.07) is 3.61. The van der Waals surface area contributed by atoms with Crippen LogP contribution in [0.4, 0.5) is 0 Å². The van der Waals surface area contributed by atoms with Crippen LogP contribution < -0.4 is 5.32 Å². The van der Waals surface area contributed by atoms with Gasteiger partial charge in [0.25, 0.3) is 5.91 Å². The number of halogens is 2. The first-order valence-electron chi connectivity index (χ1n) is 7.49. The summed E-state index contributed by atoms with van der Waals surface area (Å²) in [5.74, 6) is 0.312. The fraction of sp³-hybridized carbons (Fsp3) is 0.375. The van der Waals surface area contributed by atoms with Gasteiger partial charge in [-0.05, 0) is 25.0 Å². The molecule has 0 radical (unpaired) electrons. The number of rotatable bonds is 4. The van der Waals surface area contributed by atoms with Crippen molar-refractivity contribution in [2.24, 2.45) is 0 Å². The van der Waals surface area contributed by atoms with Crippen LogP contribution in [0.25, 0.3) is 0 Å². The highest BCUT2D eigenvalue weighted by Gasteiger charge is 2.25. The summed E-state index contributed by atoms with van der Waals surface area (Å²) in [5.41, 5.74) is 0.831. The predicted molar refractivity (Wildman–Crippen MR) is 88.7 cm³/mol. The summed E-state index contributed by atoms with van der Waals surface area (Å²) in [6.07, 6.45) is 6.63. The first kappa shape index (κ1) is 16.3. The second-order valence-corrected chi connectivity index (χ2v) is 6.34. The van der Waals surface area contributed by atoms with E-state index in [9.17, 15) is 4.79 Å². The maximum Gasteiger partial charge on any atom is 0.289 e. The lowest BCUT2D eigenvalue weighted by molar-refractivity contribution is 0.0662. The van der Waals surface area contributed by atoms with Gasteiger partial charge < -0.3 is 14.6 Å². The Bertz CT molecular complexity index is 656. The molecule has 23 heavy (non-hydrogen) atoms. The van der Waals surface area contributed by atoms with Gasteiger partial charge in [-0.3, -0.25) is 9.78 Å². The minimum Gasteiger partial charge on any atom is -0.459 e. The van der Waals surface area contributed by atoms with E-state index in [-0.39, 0.29) is 11.9 Å². The highest BCUT2D eigenvalue weighted by molar-refractivity contribution is 6.35. The molecule has 0 spiro atoms. The molecule has 3 rings (SSSR count). The summed E-state index contributed by atoms with van der Waals surface area (Å²) in [4.78, 5) is 18.1.